The van der Waals surface area contributed by atoms with Crippen LogP contribution in [-0.2, 0) is 6.42 Å². The maximum absolute atomic E-state index is 12.2. The van der Waals surface area contributed by atoms with Gasteiger partial charge in [0.15, 0.2) is 17.5 Å². The predicted octanol–water partition coefficient (Wildman–Crippen LogP) is 3.42. The second-order valence-corrected chi connectivity index (χ2v) is 5.61. The Labute approximate surface area is 120 Å². The van der Waals surface area contributed by atoms with Gasteiger partial charge in [0.2, 0.25) is 5.78 Å². The van der Waals surface area contributed by atoms with Gasteiger partial charge in [0.05, 0.1) is 10.9 Å². The SMILES string of the molecule is CCc1ccc(C(=O)[C@H](C#N)C(=O)c2ccc(C)s2)o1. The fourth-order valence-electron chi connectivity index (χ4n) is 1.79. The first-order valence-electron chi connectivity index (χ1n) is 6.20. The van der Waals surface area contributed by atoms with Crippen molar-refractivity contribution in [3.05, 3.63) is 45.5 Å². The number of thiophene rings is 1. The number of carbonyl (C=O) groups excluding carboxylic acids is 2. The fourth-order valence-corrected chi connectivity index (χ4v) is 2.63. The maximum Gasteiger partial charge on any atom is 0.223 e. The van der Waals surface area contributed by atoms with Crippen LogP contribution >= 0.6 is 11.3 Å². The molecule has 0 aliphatic rings. The van der Waals surface area contributed by atoms with Crippen LogP contribution in [0.15, 0.2) is 28.7 Å². The van der Waals surface area contributed by atoms with E-state index in [-0.39, 0.29) is 5.76 Å². The summed E-state index contributed by atoms with van der Waals surface area (Å²) in [7, 11) is 0. The molecule has 0 fully saturated rings. The number of ketones is 2. The molecule has 0 bridgehead atoms. The topological polar surface area (TPSA) is 71.1 Å². The zero-order valence-corrected chi connectivity index (χ0v) is 12.0. The number of rotatable bonds is 5. The number of hydrogen-bond donors (Lipinski definition) is 0. The van der Waals surface area contributed by atoms with Crippen LogP contribution in [0.2, 0.25) is 0 Å². The molecule has 0 aliphatic carbocycles. The molecule has 0 amide bonds. The van der Waals surface area contributed by atoms with Gasteiger partial charge in [0, 0.05) is 11.3 Å². The highest BCUT2D eigenvalue weighted by Crippen LogP contribution is 2.22. The highest BCUT2D eigenvalue weighted by atomic mass is 32.1. The average molecular weight is 287 g/mol. The molecule has 2 heterocycles. The Bertz CT molecular complexity index is 690. The van der Waals surface area contributed by atoms with Crippen LogP contribution in [0.4, 0.5) is 0 Å². The molecule has 20 heavy (non-hydrogen) atoms. The summed E-state index contributed by atoms with van der Waals surface area (Å²) < 4.78 is 5.32. The molecular weight excluding hydrogens is 274 g/mol. The number of furan rings is 1. The number of nitriles is 1. The van der Waals surface area contributed by atoms with Gasteiger partial charge in [-0.1, -0.05) is 6.92 Å². The Kier molecular flexibility index (Phi) is 4.16. The van der Waals surface area contributed by atoms with Crippen LogP contribution in [0.3, 0.4) is 0 Å². The third-order valence-corrected chi connectivity index (χ3v) is 3.90. The Morgan fingerprint density at radius 1 is 1.30 bits per heavy atom. The third kappa shape index (κ3) is 2.70. The van der Waals surface area contributed by atoms with Crippen molar-refractivity contribution in [1.82, 2.24) is 0 Å². The second-order valence-electron chi connectivity index (χ2n) is 4.32. The van der Waals surface area contributed by atoms with E-state index in [1.54, 1.807) is 24.3 Å². The highest BCUT2D eigenvalue weighted by molar-refractivity contribution is 7.14. The monoisotopic (exact) mass is 287 g/mol. The molecule has 0 aliphatic heterocycles. The zero-order valence-electron chi connectivity index (χ0n) is 11.2. The maximum atomic E-state index is 12.2. The van der Waals surface area contributed by atoms with Crippen molar-refractivity contribution in [3.63, 3.8) is 0 Å². The smallest absolute Gasteiger partial charge is 0.223 e. The molecule has 0 saturated carbocycles. The Morgan fingerprint density at radius 3 is 2.55 bits per heavy atom. The molecule has 0 saturated heterocycles. The van der Waals surface area contributed by atoms with E-state index in [2.05, 4.69) is 0 Å². The lowest BCUT2D eigenvalue weighted by Crippen LogP contribution is -2.22. The van der Waals surface area contributed by atoms with E-state index in [1.807, 2.05) is 13.8 Å². The van der Waals surface area contributed by atoms with Crippen molar-refractivity contribution in [2.75, 3.05) is 0 Å². The first-order valence-corrected chi connectivity index (χ1v) is 7.01. The third-order valence-electron chi connectivity index (χ3n) is 2.89. The molecule has 0 radical (unpaired) electrons. The number of hydrogen-bond acceptors (Lipinski definition) is 5. The van der Waals surface area contributed by atoms with Crippen LogP contribution in [0.5, 0.6) is 0 Å². The summed E-state index contributed by atoms with van der Waals surface area (Å²) >= 11 is 1.28. The number of carbonyl (C=O) groups is 2. The van der Waals surface area contributed by atoms with Gasteiger partial charge in [-0.05, 0) is 31.2 Å². The lowest BCUT2D eigenvalue weighted by molar-refractivity contribution is 0.0830. The van der Waals surface area contributed by atoms with Crippen LogP contribution in [0, 0.1) is 24.2 Å². The van der Waals surface area contributed by atoms with E-state index in [0.29, 0.717) is 17.1 Å². The summed E-state index contributed by atoms with van der Waals surface area (Å²) in [6.07, 6.45) is 0.655. The van der Waals surface area contributed by atoms with E-state index in [1.165, 1.54) is 17.4 Å². The van der Waals surface area contributed by atoms with E-state index in [4.69, 9.17) is 9.68 Å². The first kappa shape index (κ1) is 14.2. The van der Waals surface area contributed by atoms with Gasteiger partial charge in [-0.3, -0.25) is 9.59 Å². The van der Waals surface area contributed by atoms with Crippen molar-refractivity contribution >= 4 is 22.9 Å². The summed E-state index contributed by atoms with van der Waals surface area (Å²) in [6.45, 7) is 3.76. The lowest BCUT2D eigenvalue weighted by atomic mass is 9.98. The number of nitrogens with zero attached hydrogens (tertiary/aromatic N) is 1. The minimum atomic E-state index is -1.34. The quantitative estimate of drug-likeness (QED) is 0.624. The van der Waals surface area contributed by atoms with Crippen LogP contribution < -0.4 is 0 Å². The molecule has 1 atom stereocenters. The van der Waals surface area contributed by atoms with Crippen LogP contribution in [0.25, 0.3) is 0 Å². The van der Waals surface area contributed by atoms with E-state index in [9.17, 15) is 9.59 Å². The van der Waals surface area contributed by atoms with Crippen molar-refractivity contribution < 1.29 is 14.0 Å². The molecule has 0 spiro atoms. The molecule has 2 aromatic heterocycles. The number of Topliss-reactive ketones (excluding diaryl/α,β-unsaturated/α-hetero) is 2. The van der Waals surface area contributed by atoms with Gasteiger partial charge in [-0.2, -0.15) is 5.26 Å². The lowest BCUT2D eigenvalue weighted by Gasteiger charge is -2.03. The summed E-state index contributed by atoms with van der Waals surface area (Å²) in [5, 5.41) is 9.13. The highest BCUT2D eigenvalue weighted by Gasteiger charge is 2.31. The molecule has 4 nitrogen and oxygen atoms in total. The molecule has 0 aromatic carbocycles. The van der Waals surface area contributed by atoms with E-state index >= 15 is 0 Å². The Morgan fingerprint density at radius 2 is 2.05 bits per heavy atom. The fraction of sp³-hybridized carbons (Fsp3) is 0.267. The van der Waals surface area contributed by atoms with Gasteiger partial charge < -0.3 is 4.42 Å². The summed E-state index contributed by atoms with van der Waals surface area (Å²) in [5.74, 6) is -1.67. The predicted molar refractivity (Wildman–Crippen MR) is 74.9 cm³/mol. The minimum Gasteiger partial charge on any atom is -0.458 e. The van der Waals surface area contributed by atoms with E-state index in [0.717, 1.165) is 4.88 Å². The largest absolute Gasteiger partial charge is 0.458 e. The van der Waals surface area contributed by atoms with Crippen LogP contribution in [-0.4, -0.2) is 11.6 Å². The molecule has 5 heteroatoms. The molecular formula is C15H13NO3S. The Hall–Kier alpha value is -2.19. The standard InChI is InChI=1S/C15H13NO3S/c1-3-10-5-6-12(19-10)14(17)11(8-16)15(18)13-7-4-9(2)20-13/h4-7,11H,3H2,1-2H3/t11-/m0/s1. The molecule has 0 unspecified atom stereocenters. The normalized spacial score (nSPS) is 11.8. The van der Waals surface area contributed by atoms with Crippen molar-refractivity contribution in [1.29, 1.82) is 5.26 Å². The number of aryl methyl sites for hydroxylation is 2. The molecule has 2 aromatic rings. The van der Waals surface area contributed by atoms with Gasteiger partial charge in [-0.15, -0.1) is 11.3 Å². The van der Waals surface area contributed by atoms with Gasteiger partial charge >= 0.3 is 0 Å². The Balaban J connectivity index is 2.26. The van der Waals surface area contributed by atoms with Crippen molar-refractivity contribution in [2.24, 2.45) is 5.92 Å². The minimum absolute atomic E-state index is 0.0648. The molecule has 0 N–H and O–H groups in total. The van der Waals surface area contributed by atoms with Gasteiger partial charge in [0.1, 0.15) is 5.76 Å². The van der Waals surface area contributed by atoms with Crippen molar-refractivity contribution in [2.45, 2.75) is 20.3 Å². The molecule has 2 rings (SSSR count). The zero-order chi connectivity index (χ0) is 14.7. The van der Waals surface area contributed by atoms with Crippen molar-refractivity contribution in [3.8, 4) is 6.07 Å². The molecule has 102 valence electrons. The van der Waals surface area contributed by atoms with Gasteiger partial charge in [0.25, 0.3) is 0 Å². The summed E-state index contributed by atoms with van der Waals surface area (Å²) in [6, 6.07) is 8.41. The summed E-state index contributed by atoms with van der Waals surface area (Å²) in [5.41, 5.74) is 0. The average Bonchev–Trinajstić information content (AvgIpc) is 3.07. The van der Waals surface area contributed by atoms with E-state index < -0.39 is 17.5 Å². The van der Waals surface area contributed by atoms with Crippen LogP contribution in [0.1, 0.15) is 37.8 Å². The first-order chi connectivity index (χ1) is 9.56. The summed E-state index contributed by atoms with van der Waals surface area (Å²) in [4.78, 5) is 25.8. The van der Waals surface area contributed by atoms with Gasteiger partial charge in [-0.25, -0.2) is 0 Å². The second kappa shape index (κ2) is 5.85.